The van der Waals surface area contributed by atoms with Gasteiger partial charge in [-0.1, -0.05) is 12.1 Å². The van der Waals surface area contributed by atoms with Crippen LogP contribution in [0.15, 0.2) is 18.2 Å². The molecule has 1 fully saturated rings. The molecule has 0 aromatic heterocycles. The van der Waals surface area contributed by atoms with Crippen LogP contribution in [0.25, 0.3) is 0 Å². The number of ether oxygens (including phenoxy) is 1. The second kappa shape index (κ2) is 4.67. The fourth-order valence-corrected chi connectivity index (χ4v) is 3.11. The SMILES string of the molecule is COc1cccc2c1[C@H](N1CCCC1)CNC2. The maximum Gasteiger partial charge on any atom is 0.124 e. The number of benzene rings is 1. The fourth-order valence-electron chi connectivity index (χ4n) is 3.11. The highest BCUT2D eigenvalue weighted by Gasteiger charge is 2.29. The third-order valence-corrected chi connectivity index (χ3v) is 3.94. The van der Waals surface area contributed by atoms with Crippen LogP contribution in [0.3, 0.4) is 0 Å². The van der Waals surface area contributed by atoms with Gasteiger partial charge in [-0.25, -0.2) is 0 Å². The van der Waals surface area contributed by atoms with E-state index in [1.54, 1.807) is 7.11 Å². The highest BCUT2D eigenvalue weighted by atomic mass is 16.5. The van der Waals surface area contributed by atoms with Gasteiger partial charge >= 0.3 is 0 Å². The first-order valence-electron chi connectivity index (χ1n) is 6.50. The van der Waals surface area contributed by atoms with Gasteiger partial charge in [0.25, 0.3) is 0 Å². The molecule has 3 nitrogen and oxygen atoms in total. The summed E-state index contributed by atoms with van der Waals surface area (Å²) >= 11 is 0. The van der Waals surface area contributed by atoms with E-state index in [1.807, 2.05) is 0 Å². The van der Waals surface area contributed by atoms with Crippen molar-refractivity contribution in [1.82, 2.24) is 10.2 Å². The van der Waals surface area contributed by atoms with Gasteiger partial charge in [0.05, 0.1) is 13.2 Å². The molecular formula is C14H20N2O. The third kappa shape index (κ3) is 1.94. The summed E-state index contributed by atoms with van der Waals surface area (Å²) in [6, 6.07) is 6.89. The van der Waals surface area contributed by atoms with Gasteiger partial charge in [0.1, 0.15) is 5.75 Å². The van der Waals surface area contributed by atoms with E-state index in [1.165, 1.54) is 37.1 Å². The van der Waals surface area contributed by atoms with E-state index in [4.69, 9.17) is 4.74 Å². The molecule has 1 N–H and O–H groups in total. The molecule has 0 unspecified atom stereocenters. The Morgan fingerprint density at radius 2 is 2.12 bits per heavy atom. The lowest BCUT2D eigenvalue weighted by Crippen LogP contribution is -2.38. The van der Waals surface area contributed by atoms with Crippen LogP contribution >= 0.6 is 0 Å². The van der Waals surface area contributed by atoms with Crippen LogP contribution in [0, 0.1) is 0 Å². The predicted octanol–water partition coefficient (Wildman–Crippen LogP) is 1.94. The number of hydrogen-bond acceptors (Lipinski definition) is 3. The number of fused-ring (bicyclic) bond motifs is 1. The maximum absolute atomic E-state index is 5.55. The van der Waals surface area contributed by atoms with Crippen molar-refractivity contribution >= 4 is 0 Å². The molecular weight excluding hydrogens is 212 g/mol. The smallest absolute Gasteiger partial charge is 0.124 e. The average molecular weight is 232 g/mol. The summed E-state index contributed by atoms with van der Waals surface area (Å²) < 4.78 is 5.55. The Morgan fingerprint density at radius 1 is 1.29 bits per heavy atom. The van der Waals surface area contributed by atoms with E-state index in [0.29, 0.717) is 6.04 Å². The van der Waals surface area contributed by atoms with Crippen molar-refractivity contribution in [3.05, 3.63) is 29.3 Å². The summed E-state index contributed by atoms with van der Waals surface area (Å²) in [7, 11) is 1.78. The summed E-state index contributed by atoms with van der Waals surface area (Å²) in [5.74, 6) is 1.06. The molecule has 92 valence electrons. The molecule has 0 spiro atoms. The second-order valence-electron chi connectivity index (χ2n) is 4.92. The molecule has 2 heterocycles. The molecule has 1 saturated heterocycles. The zero-order valence-electron chi connectivity index (χ0n) is 10.4. The molecule has 0 amide bonds. The van der Waals surface area contributed by atoms with Crippen LogP contribution in [0.4, 0.5) is 0 Å². The van der Waals surface area contributed by atoms with Gasteiger partial charge in [-0.2, -0.15) is 0 Å². The predicted molar refractivity (Wildman–Crippen MR) is 68.2 cm³/mol. The fraction of sp³-hybridized carbons (Fsp3) is 0.571. The lowest BCUT2D eigenvalue weighted by molar-refractivity contribution is 0.222. The Balaban J connectivity index is 1.99. The summed E-state index contributed by atoms with van der Waals surface area (Å²) in [5, 5.41) is 3.52. The Morgan fingerprint density at radius 3 is 2.88 bits per heavy atom. The summed E-state index contributed by atoms with van der Waals surface area (Å²) in [6.45, 7) is 4.47. The molecule has 0 aliphatic carbocycles. The largest absolute Gasteiger partial charge is 0.496 e. The van der Waals surface area contributed by atoms with Gasteiger partial charge < -0.3 is 10.1 Å². The molecule has 1 aromatic carbocycles. The number of methoxy groups -OCH3 is 1. The van der Waals surface area contributed by atoms with Gasteiger partial charge in [0.2, 0.25) is 0 Å². The van der Waals surface area contributed by atoms with Crippen LogP contribution in [0.2, 0.25) is 0 Å². The van der Waals surface area contributed by atoms with Crippen molar-refractivity contribution in [1.29, 1.82) is 0 Å². The van der Waals surface area contributed by atoms with Crippen LogP contribution in [-0.2, 0) is 6.54 Å². The minimum absolute atomic E-state index is 0.498. The first-order chi connectivity index (χ1) is 8.40. The number of nitrogens with zero attached hydrogens (tertiary/aromatic N) is 1. The van der Waals surface area contributed by atoms with E-state index in [2.05, 4.69) is 28.4 Å². The zero-order valence-corrected chi connectivity index (χ0v) is 10.4. The molecule has 2 aliphatic rings. The van der Waals surface area contributed by atoms with E-state index < -0.39 is 0 Å². The second-order valence-corrected chi connectivity index (χ2v) is 4.92. The lowest BCUT2D eigenvalue weighted by atomic mass is 9.94. The molecule has 2 aliphatic heterocycles. The normalized spacial score (nSPS) is 24.6. The number of rotatable bonds is 2. The van der Waals surface area contributed by atoms with Crippen LogP contribution in [-0.4, -0.2) is 31.6 Å². The molecule has 1 atom stereocenters. The Labute approximate surface area is 103 Å². The van der Waals surface area contributed by atoms with Gasteiger partial charge in [0, 0.05) is 18.7 Å². The molecule has 17 heavy (non-hydrogen) atoms. The summed E-state index contributed by atoms with van der Waals surface area (Å²) in [4.78, 5) is 2.59. The third-order valence-electron chi connectivity index (χ3n) is 3.94. The molecule has 0 saturated carbocycles. The quantitative estimate of drug-likeness (QED) is 0.843. The highest BCUT2D eigenvalue weighted by molar-refractivity contribution is 5.44. The highest BCUT2D eigenvalue weighted by Crippen LogP contribution is 2.36. The zero-order chi connectivity index (χ0) is 11.7. The van der Waals surface area contributed by atoms with E-state index in [0.717, 1.165) is 18.8 Å². The Hall–Kier alpha value is -1.06. The summed E-state index contributed by atoms with van der Waals surface area (Å²) in [6.07, 6.45) is 2.67. The maximum atomic E-state index is 5.55. The standard InChI is InChI=1S/C14H20N2O/c1-17-13-6-4-5-11-9-15-10-12(14(11)13)16-7-2-3-8-16/h4-6,12,15H,2-3,7-10H2,1H3/t12-/m1/s1. The lowest BCUT2D eigenvalue weighted by Gasteiger charge is -2.34. The van der Waals surface area contributed by atoms with Gasteiger partial charge in [-0.3, -0.25) is 4.90 Å². The van der Waals surface area contributed by atoms with Gasteiger partial charge in [-0.05, 0) is 37.6 Å². The van der Waals surface area contributed by atoms with Crippen LogP contribution in [0.5, 0.6) is 5.75 Å². The Kier molecular flexibility index (Phi) is 3.04. The first-order valence-corrected chi connectivity index (χ1v) is 6.50. The molecule has 3 rings (SSSR count). The minimum atomic E-state index is 0.498. The molecule has 0 radical (unpaired) electrons. The average Bonchev–Trinajstić information content (AvgIpc) is 2.91. The van der Waals surface area contributed by atoms with Crippen molar-refractivity contribution < 1.29 is 4.74 Å². The number of hydrogen-bond donors (Lipinski definition) is 1. The first kappa shape index (κ1) is 11.1. The van der Waals surface area contributed by atoms with Crippen molar-refractivity contribution in [3.63, 3.8) is 0 Å². The monoisotopic (exact) mass is 232 g/mol. The summed E-state index contributed by atoms with van der Waals surface area (Å²) in [5.41, 5.74) is 2.81. The molecule has 3 heteroatoms. The number of likely N-dealkylation sites (tertiary alicyclic amines) is 1. The van der Waals surface area contributed by atoms with Crippen LogP contribution < -0.4 is 10.1 Å². The van der Waals surface area contributed by atoms with E-state index in [-0.39, 0.29) is 0 Å². The van der Waals surface area contributed by atoms with Crippen molar-refractivity contribution in [2.75, 3.05) is 26.7 Å². The Bertz CT molecular complexity index is 385. The molecule has 1 aromatic rings. The van der Waals surface area contributed by atoms with Gasteiger partial charge in [0.15, 0.2) is 0 Å². The van der Waals surface area contributed by atoms with E-state index >= 15 is 0 Å². The van der Waals surface area contributed by atoms with Gasteiger partial charge in [-0.15, -0.1) is 0 Å². The van der Waals surface area contributed by atoms with Crippen molar-refractivity contribution in [3.8, 4) is 5.75 Å². The topological polar surface area (TPSA) is 24.5 Å². The number of nitrogens with one attached hydrogen (secondary N) is 1. The minimum Gasteiger partial charge on any atom is -0.496 e. The van der Waals surface area contributed by atoms with Crippen LogP contribution in [0.1, 0.15) is 30.0 Å². The van der Waals surface area contributed by atoms with E-state index in [9.17, 15) is 0 Å². The molecule has 0 bridgehead atoms. The van der Waals surface area contributed by atoms with Crippen molar-refractivity contribution in [2.24, 2.45) is 0 Å². The van der Waals surface area contributed by atoms with Crippen molar-refractivity contribution in [2.45, 2.75) is 25.4 Å².